The third-order valence-corrected chi connectivity index (χ3v) is 3.00. The van der Waals surface area contributed by atoms with Gasteiger partial charge < -0.3 is 4.90 Å². The summed E-state index contributed by atoms with van der Waals surface area (Å²) in [6.45, 7) is 0. The number of hydrogen-bond donors (Lipinski definition) is 0. The van der Waals surface area contributed by atoms with Gasteiger partial charge >= 0.3 is 0 Å². The summed E-state index contributed by atoms with van der Waals surface area (Å²) in [5, 5.41) is 0. The number of carbonyl (C=O) groups excluding carboxylic acids is 1. The van der Waals surface area contributed by atoms with Crippen LogP contribution in [0, 0.1) is 0 Å². The maximum absolute atomic E-state index is 10.9. The van der Waals surface area contributed by atoms with Crippen LogP contribution in [0.25, 0.3) is 0 Å². The van der Waals surface area contributed by atoms with Gasteiger partial charge in [-0.2, -0.15) is 0 Å². The molecule has 0 unspecified atom stereocenters. The van der Waals surface area contributed by atoms with Crippen molar-refractivity contribution in [2.24, 2.45) is 0 Å². The second kappa shape index (κ2) is 4.67. The van der Waals surface area contributed by atoms with E-state index < -0.39 is 0 Å². The predicted molar refractivity (Wildman–Crippen MR) is 60.9 cm³/mol. The van der Waals surface area contributed by atoms with Gasteiger partial charge in [-0.25, -0.2) is 0 Å². The smallest absolute Gasteiger partial charge is 0.293 e. The molecule has 0 heterocycles. The van der Waals surface area contributed by atoms with E-state index in [2.05, 4.69) is 15.9 Å². The van der Waals surface area contributed by atoms with Crippen molar-refractivity contribution in [1.82, 2.24) is 0 Å². The van der Waals surface area contributed by atoms with Crippen molar-refractivity contribution in [3.05, 3.63) is 24.3 Å². The van der Waals surface area contributed by atoms with E-state index in [1.807, 2.05) is 30.5 Å². The Morgan fingerprint density at radius 1 is 1.38 bits per heavy atom. The van der Waals surface area contributed by atoms with E-state index in [1.165, 1.54) is 4.90 Å². The summed E-state index contributed by atoms with van der Waals surface area (Å²) in [4.78, 5) is 13.5. The molecule has 0 saturated heterocycles. The fourth-order valence-corrected chi connectivity index (χ4v) is 1.52. The second-order valence-corrected chi connectivity index (χ2v) is 4.07. The predicted octanol–water partition coefficient (Wildman–Crippen LogP) is 3.36. The molecule has 0 radical (unpaired) electrons. The highest BCUT2D eigenvalue weighted by atomic mass is 79.9. The van der Waals surface area contributed by atoms with Crippen molar-refractivity contribution >= 4 is 38.2 Å². The third-order valence-electron chi connectivity index (χ3n) is 1.72. The highest BCUT2D eigenvalue weighted by molar-refractivity contribution is 9.18. The molecule has 0 atom stereocenters. The molecule has 1 aromatic carbocycles. The van der Waals surface area contributed by atoms with E-state index in [-0.39, 0.29) is 4.82 Å². The molecular weight excluding hydrogens is 250 g/mol. The van der Waals surface area contributed by atoms with Crippen LogP contribution < -0.4 is 4.90 Å². The van der Waals surface area contributed by atoms with Crippen LogP contribution in [-0.4, -0.2) is 18.1 Å². The molecular formula is C9H10BrNOS. The summed E-state index contributed by atoms with van der Waals surface area (Å²) in [5.74, 6) is 0. The lowest BCUT2D eigenvalue weighted by atomic mass is 10.3. The van der Waals surface area contributed by atoms with Gasteiger partial charge in [0.25, 0.3) is 4.82 Å². The molecule has 0 aliphatic rings. The van der Waals surface area contributed by atoms with Gasteiger partial charge in [-0.3, -0.25) is 4.79 Å². The Bertz CT molecular complexity index is 299. The van der Waals surface area contributed by atoms with Crippen molar-refractivity contribution < 1.29 is 4.79 Å². The Balaban J connectivity index is 2.85. The van der Waals surface area contributed by atoms with Gasteiger partial charge in [0.1, 0.15) is 0 Å². The largest absolute Gasteiger partial charge is 0.306 e. The molecule has 2 nitrogen and oxygen atoms in total. The first-order valence-electron chi connectivity index (χ1n) is 3.72. The van der Waals surface area contributed by atoms with Crippen LogP contribution in [0.2, 0.25) is 0 Å². The molecule has 1 aromatic rings. The minimum Gasteiger partial charge on any atom is -0.306 e. The van der Waals surface area contributed by atoms with E-state index in [4.69, 9.17) is 0 Å². The molecule has 70 valence electrons. The molecule has 1 rings (SSSR count). The van der Waals surface area contributed by atoms with Gasteiger partial charge in [-0.1, -0.05) is 0 Å². The zero-order valence-corrected chi connectivity index (χ0v) is 9.85. The van der Waals surface area contributed by atoms with Gasteiger partial charge in [0, 0.05) is 33.6 Å². The standard InChI is InChI=1S/C9H10BrNOS/c1-11(9(10)12)7-3-5-8(13-2)6-4-7/h3-6H,1-2H3. The number of carbonyl (C=O) groups is 1. The number of halogens is 1. The number of amides is 1. The van der Waals surface area contributed by atoms with Crippen molar-refractivity contribution in [3.63, 3.8) is 0 Å². The maximum atomic E-state index is 10.9. The fourth-order valence-electron chi connectivity index (χ4n) is 0.907. The Kier molecular flexibility index (Phi) is 3.81. The lowest BCUT2D eigenvalue weighted by molar-refractivity contribution is 0.267. The number of rotatable bonds is 2. The van der Waals surface area contributed by atoms with E-state index in [0.717, 1.165) is 5.69 Å². The van der Waals surface area contributed by atoms with E-state index >= 15 is 0 Å². The number of benzene rings is 1. The summed E-state index contributed by atoms with van der Waals surface area (Å²) >= 11 is 4.58. The first-order chi connectivity index (χ1) is 6.15. The van der Waals surface area contributed by atoms with E-state index in [1.54, 1.807) is 23.7 Å². The van der Waals surface area contributed by atoms with E-state index in [0.29, 0.717) is 0 Å². The maximum Gasteiger partial charge on any atom is 0.293 e. The first-order valence-corrected chi connectivity index (χ1v) is 5.74. The Labute approximate surface area is 90.4 Å². The minimum atomic E-state index is -0.135. The molecule has 1 amide bonds. The van der Waals surface area contributed by atoms with Crippen LogP contribution in [0.5, 0.6) is 0 Å². The highest BCUT2D eigenvalue weighted by Gasteiger charge is 2.05. The molecule has 0 spiro atoms. The zero-order valence-electron chi connectivity index (χ0n) is 7.45. The molecule has 0 saturated carbocycles. The molecule has 0 bridgehead atoms. The third kappa shape index (κ3) is 2.74. The lowest BCUT2D eigenvalue weighted by Gasteiger charge is -2.13. The summed E-state index contributed by atoms with van der Waals surface area (Å²) in [5.41, 5.74) is 0.889. The number of anilines is 1. The van der Waals surface area contributed by atoms with Crippen LogP contribution in [0.4, 0.5) is 10.5 Å². The van der Waals surface area contributed by atoms with Crippen molar-refractivity contribution in [2.75, 3.05) is 18.2 Å². The summed E-state index contributed by atoms with van der Waals surface area (Å²) in [7, 11) is 1.73. The summed E-state index contributed by atoms with van der Waals surface area (Å²) in [6, 6.07) is 7.83. The normalized spacial score (nSPS) is 9.77. The molecule has 4 heteroatoms. The van der Waals surface area contributed by atoms with Gasteiger partial charge in [0.15, 0.2) is 0 Å². The Hall–Kier alpha value is -0.480. The van der Waals surface area contributed by atoms with Crippen LogP contribution in [0.3, 0.4) is 0 Å². The Morgan fingerprint density at radius 3 is 2.31 bits per heavy atom. The quantitative estimate of drug-likeness (QED) is 0.461. The molecule has 0 N–H and O–H groups in total. The minimum absolute atomic E-state index is 0.135. The topological polar surface area (TPSA) is 20.3 Å². The monoisotopic (exact) mass is 259 g/mol. The van der Waals surface area contributed by atoms with Crippen LogP contribution in [0.1, 0.15) is 0 Å². The average Bonchev–Trinajstić information content (AvgIpc) is 2.17. The Morgan fingerprint density at radius 2 is 1.92 bits per heavy atom. The van der Waals surface area contributed by atoms with Crippen molar-refractivity contribution in [1.29, 1.82) is 0 Å². The van der Waals surface area contributed by atoms with Gasteiger partial charge in [0.05, 0.1) is 0 Å². The van der Waals surface area contributed by atoms with E-state index in [9.17, 15) is 4.79 Å². The SMILES string of the molecule is CSc1ccc(N(C)C(=O)Br)cc1. The fraction of sp³-hybridized carbons (Fsp3) is 0.222. The van der Waals surface area contributed by atoms with Crippen LogP contribution in [-0.2, 0) is 0 Å². The number of nitrogens with zero attached hydrogens (tertiary/aromatic N) is 1. The lowest BCUT2D eigenvalue weighted by Crippen LogP contribution is -2.18. The van der Waals surface area contributed by atoms with Crippen LogP contribution in [0.15, 0.2) is 29.2 Å². The average molecular weight is 260 g/mol. The highest BCUT2D eigenvalue weighted by Crippen LogP contribution is 2.20. The van der Waals surface area contributed by atoms with Gasteiger partial charge in [-0.05, 0) is 30.5 Å². The van der Waals surface area contributed by atoms with Gasteiger partial charge in [0.2, 0.25) is 0 Å². The zero-order chi connectivity index (χ0) is 9.84. The molecule has 0 aliphatic carbocycles. The first kappa shape index (κ1) is 10.6. The summed E-state index contributed by atoms with van der Waals surface area (Å²) in [6.07, 6.45) is 2.02. The van der Waals surface area contributed by atoms with Crippen molar-refractivity contribution in [2.45, 2.75) is 4.90 Å². The second-order valence-electron chi connectivity index (χ2n) is 2.51. The van der Waals surface area contributed by atoms with Crippen LogP contribution >= 0.6 is 27.7 Å². The molecule has 0 aromatic heterocycles. The van der Waals surface area contributed by atoms with Crippen molar-refractivity contribution in [3.8, 4) is 0 Å². The molecule has 13 heavy (non-hydrogen) atoms. The molecule has 0 fully saturated rings. The number of hydrogen-bond acceptors (Lipinski definition) is 2. The summed E-state index contributed by atoms with van der Waals surface area (Å²) < 4.78 is 0. The van der Waals surface area contributed by atoms with Gasteiger partial charge in [-0.15, -0.1) is 11.8 Å². The molecule has 0 aliphatic heterocycles. The number of thioether (sulfide) groups is 1.